The molecule has 0 atom stereocenters. The third kappa shape index (κ3) is 4.14. The molecule has 2 aromatic rings. The number of aromatic nitrogens is 2. The highest BCUT2D eigenvalue weighted by Crippen LogP contribution is 2.09. The third-order valence-electron chi connectivity index (χ3n) is 2.99. The van der Waals surface area contributed by atoms with Gasteiger partial charge in [-0.1, -0.05) is 36.8 Å². The Labute approximate surface area is 115 Å². The first kappa shape index (κ1) is 13.7. The SMILES string of the molecule is CCNCc1cc(C)nc(Cc2ccc(C)cc2)n1. The summed E-state index contributed by atoms with van der Waals surface area (Å²) in [5.74, 6) is 0.900. The molecule has 3 heteroatoms. The average Bonchev–Trinajstić information content (AvgIpc) is 2.38. The number of nitrogens with zero attached hydrogens (tertiary/aromatic N) is 2. The predicted molar refractivity (Wildman–Crippen MR) is 78.1 cm³/mol. The second kappa shape index (κ2) is 6.43. The Bertz CT molecular complexity index is 532. The zero-order valence-electron chi connectivity index (χ0n) is 11.9. The summed E-state index contributed by atoms with van der Waals surface area (Å²) in [4.78, 5) is 9.14. The van der Waals surface area contributed by atoms with Gasteiger partial charge in [0.1, 0.15) is 5.82 Å². The van der Waals surface area contributed by atoms with Crippen LogP contribution in [0.4, 0.5) is 0 Å². The first-order valence-electron chi connectivity index (χ1n) is 6.77. The van der Waals surface area contributed by atoms with Crippen LogP contribution in [0.3, 0.4) is 0 Å². The van der Waals surface area contributed by atoms with Gasteiger partial charge in [0, 0.05) is 18.7 Å². The summed E-state index contributed by atoms with van der Waals surface area (Å²) >= 11 is 0. The Balaban J connectivity index is 2.15. The highest BCUT2D eigenvalue weighted by molar-refractivity contribution is 5.24. The predicted octanol–water partition coefficient (Wildman–Crippen LogP) is 2.79. The summed E-state index contributed by atoms with van der Waals surface area (Å²) in [7, 11) is 0. The molecule has 0 aliphatic heterocycles. The van der Waals surface area contributed by atoms with Crippen molar-refractivity contribution in [1.82, 2.24) is 15.3 Å². The van der Waals surface area contributed by atoms with Crippen molar-refractivity contribution in [1.29, 1.82) is 0 Å². The number of rotatable bonds is 5. The van der Waals surface area contributed by atoms with Crippen LogP contribution in [-0.4, -0.2) is 16.5 Å². The molecule has 0 saturated carbocycles. The van der Waals surface area contributed by atoms with E-state index in [1.54, 1.807) is 0 Å². The van der Waals surface area contributed by atoms with Gasteiger partial charge in [-0.15, -0.1) is 0 Å². The van der Waals surface area contributed by atoms with Crippen LogP contribution in [0, 0.1) is 13.8 Å². The van der Waals surface area contributed by atoms with Gasteiger partial charge < -0.3 is 5.32 Å². The van der Waals surface area contributed by atoms with E-state index in [1.807, 2.05) is 13.0 Å². The smallest absolute Gasteiger partial charge is 0.133 e. The van der Waals surface area contributed by atoms with Gasteiger partial charge in [0.25, 0.3) is 0 Å². The molecule has 0 radical (unpaired) electrons. The van der Waals surface area contributed by atoms with E-state index in [0.29, 0.717) is 0 Å². The lowest BCUT2D eigenvalue weighted by molar-refractivity contribution is 0.700. The van der Waals surface area contributed by atoms with Crippen LogP contribution in [-0.2, 0) is 13.0 Å². The quantitative estimate of drug-likeness (QED) is 0.892. The zero-order valence-corrected chi connectivity index (χ0v) is 11.9. The standard InChI is InChI=1S/C16H21N3/c1-4-17-11-15-9-13(3)18-16(19-15)10-14-7-5-12(2)6-8-14/h5-9,17H,4,10-11H2,1-3H3. The fourth-order valence-electron chi connectivity index (χ4n) is 2.01. The highest BCUT2D eigenvalue weighted by atomic mass is 14.9. The van der Waals surface area contributed by atoms with E-state index in [9.17, 15) is 0 Å². The summed E-state index contributed by atoms with van der Waals surface area (Å²) in [5, 5.41) is 3.30. The van der Waals surface area contributed by atoms with E-state index < -0.39 is 0 Å². The summed E-state index contributed by atoms with van der Waals surface area (Å²) in [6.07, 6.45) is 0.793. The Morgan fingerprint density at radius 2 is 1.79 bits per heavy atom. The van der Waals surface area contributed by atoms with Crippen molar-refractivity contribution in [3.8, 4) is 0 Å². The lowest BCUT2D eigenvalue weighted by Gasteiger charge is -2.07. The van der Waals surface area contributed by atoms with Gasteiger partial charge in [0.15, 0.2) is 0 Å². The molecule has 0 bridgehead atoms. The summed E-state index contributed by atoms with van der Waals surface area (Å²) in [6.45, 7) is 7.98. The number of hydrogen-bond donors (Lipinski definition) is 1. The molecule has 2 rings (SSSR count). The molecule has 0 aliphatic rings. The normalized spacial score (nSPS) is 10.7. The van der Waals surface area contributed by atoms with E-state index in [2.05, 4.69) is 53.4 Å². The van der Waals surface area contributed by atoms with Gasteiger partial charge in [-0.3, -0.25) is 0 Å². The van der Waals surface area contributed by atoms with Crippen molar-refractivity contribution in [2.75, 3.05) is 6.54 Å². The minimum Gasteiger partial charge on any atom is -0.311 e. The number of benzene rings is 1. The molecule has 1 aromatic carbocycles. The number of aryl methyl sites for hydroxylation is 2. The van der Waals surface area contributed by atoms with E-state index in [-0.39, 0.29) is 0 Å². The molecule has 19 heavy (non-hydrogen) atoms. The molecule has 0 spiro atoms. The van der Waals surface area contributed by atoms with E-state index in [1.165, 1.54) is 11.1 Å². The third-order valence-corrected chi connectivity index (χ3v) is 2.99. The lowest BCUT2D eigenvalue weighted by Crippen LogP contribution is -2.14. The van der Waals surface area contributed by atoms with Crippen LogP contribution in [0.25, 0.3) is 0 Å². The van der Waals surface area contributed by atoms with Gasteiger partial charge in [-0.25, -0.2) is 9.97 Å². The van der Waals surface area contributed by atoms with Gasteiger partial charge in [0.05, 0.1) is 5.69 Å². The van der Waals surface area contributed by atoms with Crippen LogP contribution in [0.1, 0.15) is 35.3 Å². The second-order valence-corrected chi connectivity index (χ2v) is 4.86. The van der Waals surface area contributed by atoms with E-state index in [0.717, 1.165) is 36.7 Å². The van der Waals surface area contributed by atoms with E-state index in [4.69, 9.17) is 0 Å². The van der Waals surface area contributed by atoms with Crippen LogP contribution < -0.4 is 5.32 Å². The maximum absolute atomic E-state index is 4.62. The fraction of sp³-hybridized carbons (Fsp3) is 0.375. The van der Waals surface area contributed by atoms with Gasteiger partial charge >= 0.3 is 0 Å². The monoisotopic (exact) mass is 255 g/mol. The Morgan fingerprint density at radius 3 is 2.47 bits per heavy atom. The van der Waals surface area contributed by atoms with Gasteiger partial charge in [-0.05, 0) is 32.0 Å². The van der Waals surface area contributed by atoms with Crippen LogP contribution in [0.5, 0.6) is 0 Å². The maximum atomic E-state index is 4.62. The molecule has 0 unspecified atom stereocenters. The molecule has 100 valence electrons. The topological polar surface area (TPSA) is 37.8 Å². The van der Waals surface area contributed by atoms with Crippen LogP contribution in [0.15, 0.2) is 30.3 Å². The highest BCUT2D eigenvalue weighted by Gasteiger charge is 2.03. The molecular weight excluding hydrogens is 234 g/mol. The molecule has 1 aromatic heterocycles. The first-order valence-corrected chi connectivity index (χ1v) is 6.77. The summed E-state index contributed by atoms with van der Waals surface area (Å²) in [5.41, 5.74) is 4.63. The molecule has 0 amide bonds. The van der Waals surface area contributed by atoms with Gasteiger partial charge in [0.2, 0.25) is 0 Å². The second-order valence-electron chi connectivity index (χ2n) is 4.86. The maximum Gasteiger partial charge on any atom is 0.133 e. The van der Waals surface area contributed by atoms with Crippen LogP contribution in [0.2, 0.25) is 0 Å². The largest absolute Gasteiger partial charge is 0.311 e. The lowest BCUT2D eigenvalue weighted by atomic mass is 10.1. The average molecular weight is 255 g/mol. The van der Waals surface area contributed by atoms with Crippen molar-refractivity contribution in [2.45, 2.75) is 33.7 Å². The molecule has 1 N–H and O–H groups in total. The molecule has 1 heterocycles. The first-order chi connectivity index (χ1) is 9.17. The molecule has 3 nitrogen and oxygen atoms in total. The minimum atomic E-state index is 0.793. The molecule has 0 aliphatic carbocycles. The summed E-state index contributed by atoms with van der Waals surface area (Å²) < 4.78 is 0. The van der Waals surface area contributed by atoms with E-state index >= 15 is 0 Å². The Kier molecular flexibility index (Phi) is 4.63. The number of hydrogen-bond acceptors (Lipinski definition) is 3. The molecular formula is C16H21N3. The number of nitrogens with one attached hydrogen (secondary N) is 1. The van der Waals surface area contributed by atoms with Crippen molar-refractivity contribution >= 4 is 0 Å². The van der Waals surface area contributed by atoms with Crippen LogP contribution >= 0.6 is 0 Å². The minimum absolute atomic E-state index is 0.793. The Morgan fingerprint density at radius 1 is 1.05 bits per heavy atom. The van der Waals surface area contributed by atoms with Gasteiger partial charge in [-0.2, -0.15) is 0 Å². The van der Waals surface area contributed by atoms with Crippen molar-refractivity contribution in [3.63, 3.8) is 0 Å². The Hall–Kier alpha value is -1.74. The van der Waals surface area contributed by atoms with Crippen molar-refractivity contribution in [3.05, 3.63) is 58.7 Å². The molecule has 0 fully saturated rings. The summed E-state index contributed by atoms with van der Waals surface area (Å²) in [6, 6.07) is 10.6. The van der Waals surface area contributed by atoms with Crippen molar-refractivity contribution < 1.29 is 0 Å². The molecule has 0 saturated heterocycles. The van der Waals surface area contributed by atoms with Crippen molar-refractivity contribution in [2.24, 2.45) is 0 Å². The fourth-order valence-corrected chi connectivity index (χ4v) is 2.01. The zero-order chi connectivity index (χ0) is 13.7.